The molecule has 0 saturated carbocycles. The molecule has 0 aliphatic heterocycles. The lowest BCUT2D eigenvalue weighted by molar-refractivity contribution is 0.592. The first-order chi connectivity index (χ1) is 25.2. The number of rotatable bonds is 7. The topological polar surface area (TPSA) is 60.7 Å². The highest BCUT2D eigenvalue weighted by molar-refractivity contribution is 7.85. The summed E-state index contributed by atoms with van der Waals surface area (Å²) in [5.41, 5.74) is 5.71. The van der Waals surface area contributed by atoms with Gasteiger partial charge in [-0.1, -0.05) is 158 Å². The predicted octanol–water partition coefficient (Wildman–Crippen LogP) is 9.61. The molecular weight excluding hydrogens is 643 g/mol. The van der Waals surface area contributed by atoms with Gasteiger partial charge in [0.15, 0.2) is 24.6 Å². The van der Waals surface area contributed by atoms with Crippen LogP contribution in [-0.2, 0) is 4.57 Å². The zero-order chi connectivity index (χ0) is 34.2. The number of fused-ring (bicyclic) bond motifs is 3. The SMILES string of the molecule is O=P(c1ccccc1)(c1cccc(-c2nc(-c3ccccc3)nc(-c3ccccc3)n2)c1)c1cccc(-n2c3ccccc3c3ccccc32)c1. The first-order valence-electron chi connectivity index (χ1n) is 16.9. The predicted molar refractivity (Wildman–Crippen MR) is 210 cm³/mol. The Balaban J connectivity index is 1.23. The van der Waals surface area contributed by atoms with E-state index in [4.69, 9.17) is 15.0 Å². The second-order valence-electron chi connectivity index (χ2n) is 12.4. The fourth-order valence-corrected chi connectivity index (χ4v) is 9.61. The minimum absolute atomic E-state index is 0.517. The van der Waals surface area contributed by atoms with Gasteiger partial charge in [0.05, 0.1) is 11.0 Å². The smallest absolute Gasteiger partial charge is 0.171 e. The molecular formula is C45H31N4OP. The van der Waals surface area contributed by atoms with Crippen molar-refractivity contribution in [1.29, 1.82) is 0 Å². The number of hydrogen-bond acceptors (Lipinski definition) is 4. The standard InChI is InChI=1S/C45H31N4OP/c50-51(36-22-8-3-9-23-36,38-25-15-21-35(31-38)49-41-28-12-10-26-39(41)40-27-11-13-29-42(40)49)37-24-14-20-34(30-37)45-47-43(32-16-4-1-5-17-32)46-44(48-45)33-18-6-2-7-19-33/h1-31H. The highest BCUT2D eigenvalue weighted by Crippen LogP contribution is 2.44. The van der Waals surface area contributed by atoms with E-state index in [1.54, 1.807) is 0 Å². The van der Waals surface area contributed by atoms with E-state index < -0.39 is 7.14 Å². The number of hydrogen-bond donors (Lipinski definition) is 0. The molecule has 9 rings (SSSR count). The maximum absolute atomic E-state index is 16.0. The molecule has 0 spiro atoms. The lowest BCUT2D eigenvalue weighted by Crippen LogP contribution is -2.25. The van der Waals surface area contributed by atoms with Crippen LogP contribution >= 0.6 is 7.14 Å². The lowest BCUT2D eigenvalue weighted by Gasteiger charge is -2.22. The highest BCUT2D eigenvalue weighted by atomic mass is 31.2. The van der Waals surface area contributed by atoms with Crippen molar-refractivity contribution in [1.82, 2.24) is 19.5 Å². The molecule has 0 aliphatic rings. The summed E-state index contributed by atoms with van der Waals surface area (Å²) in [5.74, 6) is 1.67. The molecule has 6 heteroatoms. The molecule has 0 bridgehead atoms. The van der Waals surface area contributed by atoms with E-state index in [9.17, 15) is 0 Å². The fourth-order valence-electron chi connectivity index (χ4n) is 6.89. The third-order valence-electron chi connectivity index (χ3n) is 9.32. The van der Waals surface area contributed by atoms with Crippen LogP contribution in [0.25, 0.3) is 61.7 Å². The molecule has 5 nitrogen and oxygen atoms in total. The fraction of sp³-hybridized carbons (Fsp3) is 0. The van der Waals surface area contributed by atoms with Crippen molar-refractivity contribution >= 4 is 44.9 Å². The Morgan fingerprint density at radius 2 is 0.784 bits per heavy atom. The van der Waals surface area contributed by atoms with Gasteiger partial charge in [-0.2, -0.15) is 0 Å². The molecule has 0 aliphatic carbocycles. The van der Waals surface area contributed by atoms with Crippen molar-refractivity contribution in [2.75, 3.05) is 0 Å². The van der Waals surface area contributed by atoms with E-state index in [0.29, 0.717) is 22.8 Å². The molecule has 9 aromatic rings. The minimum Gasteiger partial charge on any atom is -0.309 e. The average molecular weight is 675 g/mol. The molecule has 51 heavy (non-hydrogen) atoms. The van der Waals surface area contributed by atoms with Gasteiger partial charge >= 0.3 is 0 Å². The summed E-state index contributed by atoms with van der Waals surface area (Å²) in [6.45, 7) is 0. The molecule has 7 aromatic carbocycles. The van der Waals surface area contributed by atoms with Crippen LogP contribution in [0.15, 0.2) is 188 Å². The van der Waals surface area contributed by atoms with Gasteiger partial charge in [-0.15, -0.1) is 0 Å². The van der Waals surface area contributed by atoms with Gasteiger partial charge in [-0.05, 0) is 30.3 Å². The van der Waals surface area contributed by atoms with E-state index in [-0.39, 0.29) is 0 Å². The zero-order valence-electron chi connectivity index (χ0n) is 27.5. The van der Waals surface area contributed by atoms with Gasteiger partial charge in [0.2, 0.25) is 0 Å². The molecule has 1 unspecified atom stereocenters. The van der Waals surface area contributed by atoms with Crippen molar-refractivity contribution in [2.45, 2.75) is 0 Å². The van der Waals surface area contributed by atoms with Crippen molar-refractivity contribution in [3.63, 3.8) is 0 Å². The van der Waals surface area contributed by atoms with Crippen molar-refractivity contribution < 1.29 is 4.57 Å². The van der Waals surface area contributed by atoms with Gasteiger partial charge in [0.25, 0.3) is 0 Å². The molecule has 0 amide bonds. The summed E-state index contributed by atoms with van der Waals surface area (Å²) in [4.78, 5) is 14.8. The van der Waals surface area contributed by atoms with Crippen LogP contribution in [-0.4, -0.2) is 19.5 Å². The minimum atomic E-state index is -3.40. The molecule has 0 radical (unpaired) electrons. The number of nitrogens with zero attached hydrogens (tertiary/aromatic N) is 4. The first kappa shape index (κ1) is 30.6. The van der Waals surface area contributed by atoms with E-state index in [0.717, 1.165) is 44.0 Å². The monoisotopic (exact) mass is 674 g/mol. The summed E-state index contributed by atoms with van der Waals surface area (Å²) in [6, 6.07) is 62.6. The normalized spacial score (nSPS) is 12.5. The number of aromatic nitrogens is 4. The third-order valence-corrected chi connectivity index (χ3v) is 12.4. The van der Waals surface area contributed by atoms with Crippen LogP contribution in [0.5, 0.6) is 0 Å². The Bertz CT molecular complexity index is 2620. The molecule has 0 saturated heterocycles. The van der Waals surface area contributed by atoms with E-state index in [1.165, 1.54) is 10.8 Å². The highest BCUT2D eigenvalue weighted by Gasteiger charge is 2.31. The van der Waals surface area contributed by atoms with Gasteiger partial charge in [-0.3, -0.25) is 0 Å². The van der Waals surface area contributed by atoms with Gasteiger partial charge in [0.1, 0.15) is 0 Å². The Hall–Kier alpha value is -6.42. The second kappa shape index (κ2) is 12.8. The van der Waals surface area contributed by atoms with Crippen molar-refractivity contribution in [2.24, 2.45) is 0 Å². The Labute approximate surface area is 296 Å². The Morgan fingerprint density at radius 3 is 1.35 bits per heavy atom. The first-order valence-corrected chi connectivity index (χ1v) is 18.6. The zero-order valence-corrected chi connectivity index (χ0v) is 28.4. The second-order valence-corrected chi connectivity index (χ2v) is 15.2. The van der Waals surface area contributed by atoms with Crippen LogP contribution < -0.4 is 15.9 Å². The number of para-hydroxylation sites is 2. The van der Waals surface area contributed by atoms with Crippen LogP contribution in [0.4, 0.5) is 0 Å². The van der Waals surface area contributed by atoms with Crippen molar-refractivity contribution in [3.05, 3.63) is 188 Å². The molecule has 2 heterocycles. The lowest BCUT2D eigenvalue weighted by atomic mass is 10.1. The van der Waals surface area contributed by atoms with Crippen LogP contribution in [0, 0.1) is 0 Å². The summed E-state index contributed by atoms with van der Waals surface area (Å²) in [7, 11) is -3.40. The summed E-state index contributed by atoms with van der Waals surface area (Å²) in [6.07, 6.45) is 0. The maximum Gasteiger partial charge on any atom is 0.171 e. The number of benzene rings is 7. The third kappa shape index (κ3) is 5.45. The average Bonchev–Trinajstić information content (AvgIpc) is 3.56. The Kier molecular flexibility index (Phi) is 7.68. The molecule has 242 valence electrons. The van der Waals surface area contributed by atoms with Crippen LogP contribution in [0.1, 0.15) is 0 Å². The summed E-state index contributed by atoms with van der Waals surface area (Å²) < 4.78 is 18.2. The summed E-state index contributed by atoms with van der Waals surface area (Å²) in [5, 5.41) is 4.57. The molecule has 2 aromatic heterocycles. The van der Waals surface area contributed by atoms with Gasteiger partial charge in [0, 0.05) is 49.1 Å². The van der Waals surface area contributed by atoms with Crippen LogP contribution in [0.3, 0.4) is 0 Å². The van der Waals surface area contributed by atoms with E-state index in [2.05, 4.69) is 65.2 Å². The summed E-state index contributed by atoms with van der Waals surface area (Å²) >= 11 is 0. The van der Waals surface area contributed by atoms with Gasteiger partial charge in [-0.25, -0.2) is 15.0 Å². The van der Waals surface area contributed by atoms with E-state index in [1.807, 2.05) is 127 Å². The van der Waals surface area contributed by atoms with Gasteiger partial charge < -0.3 is 9.13 Å². The molecule has 0 fully saturated rings. The quantitative estimate of drug-likeness (QED) is 0.158. The Morgan fingerprint density at radius 1 is 0.373 bits per heavy atom. The molecule has 1 atom stereocenters. The van der Waals surface area contributed by atoms with E-state index >= 15 is 4.57 Å². The van der Waals surface area contributed by atoms with Crippen LogP contribution in [0.2, 0.25) is 0 Å². The maximum atomic E-state index is 16.0. The largest absolute Gasteiger partial charge is 0.309 e. The molecule has 0 N–H and O–H groups in total. The van der Waals surface area contributed by atoms with Crippen molar-refractivity contribution in [3.8, 4) is 39.9 Å².